The lowest BCUT2D eigenvalue weighted by Gasteiger charge is -2.06. The van der Waals surface area contributed by atoms with Gasteiger partial charge in [-0.1, -0.05) is 29.4 Å². The first-order valence-electron chi connectivity index (χ1n) is 7.54. The first kappa shape index (κ1) is 17.1. The van der Waals surface area contributed by atoms with Crippen LogP contribution in [0.2, 0.25) is 5.02 Å². The number of halogens is 1. The molecule has 4 rings (SSSR count). The van der Waals surface area contributed by atoms with Gasteiger partial charge in [-0.25, -0.2) is 0 Å². The highest BCUT2D eigenvalue weighted by Crippen LogP contribution is 2.24. The molecule has 0 unspecified atom stereocenters. The van der Waals surface area contributed by atoms with E-state index in [1.54, 1.807) is 35.7 Å². The van der Waals surface area contributed by atoms with Gasteiger partial charge in [0.15, 0.2) is 5.16 Å². The summed E-state index contributed by atoms with van der Waals surface area (Å²) in [4.78, 5) is 24.5. The number of hydrogen-bond acceptors (Lipinski definition) is 6. The molecule has 0 bridgehead atoms. The lowest BCUT2D eigenvalue weighted by Crippen LogP contribution is -2.19. The van der Waals surface area contributed by atoms with Crippen molar-refractivity contribution in [2.75, 3.05) is 11.1 Å². The number of thioether (sulfide) groups is 1. The molecule has 4 aromatic rings. The standard InChI is InChI=1S/C16H12ClN5O2S2/c1-21-14(24)13-11(5-6-25-13)22-15(21)19-20-16(22)26-8-12(23)18-10-4-2-3-9(17)7-10/h2-7H,8H2,1H3,(H,18,23). The van der Waals surface area contributed by atoms with Crippen molar-refractivity contribution in [2.24, 2.45) is 7.05 Å². The molecule has 0 aliphatic heterocycles. The van der Waals surface area contributed by atoms with Crippen molar-refractivity contribution >= 4 is 62.3 Å². The molecular weight excluding hydrogens is 394 g/mol. The predicted octanol–water partition coefficient (Wildman–Crippen LogP) is 3.03. The van der Waals surface area contributed by atoms with Crippen LogP contribution < -0.4 is 10.9 Å². The van der Waals surface area contributed by atoms with Crippen molar-refractivity contribution in [3.8, 4) is 0 Å². The second-order valence-electron chi connectivity index (χ2n) is 5.46. The topological polar surface area (TPSA) is 81.3 Å². The van der Waals surface area contributed by atoms with Crippen LogP contribution >= 0.6 is 34.7 Å². The minimum Gasteiger partial charge on any atom is -0.325 e. The van der Waals surface area contributed by atoms with Gasteiger partial charge in [-0.3, -0.25) is 18.6 Å². The van der Waals surface area contributed by atoms with Gasteiger partial charge in [0.05, 0.1) is 11.3 Å². The van der Waals surface area contributed by atoms with Gasteiger partial charge in [-0.2, -0.15) is 0 Å². The maximum absolute atomic E-state index is 12.3. The number of carbonyl (C=O) groups is 1. The van der Waals surface area contributed by atoms with Crippen molar-refractivity contribution < 1.29 is 4.79 Å². The average molecular weight is 406 g/mol. The van der Waals surface area contributed by atoms with Crippen LogP contribution in [0.5, 0.6) is 0 Å². The van der Waals surface area contributed by atoms with Crippen molar-refractivity contribution in [1.29, 1.82) is 0 Å². The molecule has 0 fully saturated rings. The van der Waals surface area contributed by atoms with Gasteiger partial charge in [0.1, 0.15) is 4.70 Å². The highest BCUT2D eigenvalue weighted by atomic mass is 35.5. The predicted molar refractivity (Wildman–Crippen MR) is 104 cm³/mol. The summed E-state index contributed by atoms with van der Waals surface area (Å²) in [6.45, 7) is 0. The highest BCUT2D eigenvalue weighted by Gasteiger charge is 2.16. The molecule has 0 saturated carbocycles. The van der Waals surface area contributed by atoms with Crippen LogP contribution in [0.1, 0.15) is 0 Å². The summed E-state index contributed by atoms with van der Waals surface area (Å²) in [5.74, 6) is 0.418. The zero-order valence-corrected chi connectivity index (χ0v) is 15.9. The third-order valence-electron chi connectivity index (χ3n) is 3.74. The molecule has 3 aromatic heterocycles. The van der Waals surface area contributed by atoms with Gasteiger partial charge in [0, 0.05) is 17.8 Å². The molecule has 132 valence electrons. The fraction of sp³-hybridized carbons (Fsp3) is 0.125. The van der Waals surface area contributed by atoms with Crippen LogP contribution in [-0.2, 0) is 11.8 Å². The molecule has 1 amide bonds. The van der Waals surface area contributed by atoms with Crippen LogP contribution in [-0.4, -0.2) is 30.8 Å². The molecular formula is C16H12ClN5O2S2. The number of nitrogens with one attached hydrogen (secondary N) is 1. The van der Waals surface area contributed by atoms with Gasteiger partial charge in [-0.05, 0) is 29.6 Å². The van der Waals surface area contributed by atoms with Crippen LogP contribution in [0.15, 0.2) is 45.7 Å². The van der Waals surface area contributed by atoms with Crippen molar-refractivity contribution in [2.45, 2.75) is 5.16 Å². The largest absolute Gasteiger partial charge is 0.325 e. The SMILES string of the molecule is Cn1c(=O)c2sccc2n2c(SCC(=O)Nc3cccc(Cl)c3)nnc12. The van der Waals surface area contributed by atoms with Crippen LogP contribution in [0.4, 0.5) is 5.69 Å². The molecule has 0 spiro atoms. The van der Waals surface area contributed by atoms with E-state index in [-0.39, 0.29) is 17.2 Å². The van der Waals surface area contributed by atoms with E-state index in [1.807, 2.05) is 11.4 Å². The molecule has 10 heteroatoms. The number of aromatic nitrogens is 4. The number of rotatable bonds is 4. The quantitative estimate of drug-likeness (QED) is 0.528. The third kappa shape index (κ3) is 2.98. The Hall–Kier alpha value is -2.36. The maximum atomic E-state index is 12.3. The van der Waals surface area contributed by atoms with Crippen molar-refractivity contribution in [3.05, 3.63) is 51.1 Å². The third-order valence-corrected chi connectivity index (χ3v) is 5.80. The lowest BCUT2D eigenvalue weighted by molar-refractivity contribution is -0.113. The Morgan fingerprint density at radius 3 is 3.00 bits per heavy atom. The summed E-state index contributed by atoms with van der Waals surface area (Å²) < 4.78 is 3.89. The van der Waals surface area contributed by atoms with E-state index >= 15 is 0 Å². The zero-order chi connectivity index (χ0) is 18.3. The minimum absolute atomic E-state index is 0.106. The molecule has 0 saturated heterocycles. The summed E-state index contributed by atoms with van der Waals surface area (Å²) in [6.07, 6.45) is 0. The Morgan fingerprint density at radius 2 is 2.19 bits per heavy atom. The zero-order valence-electron chi connectivity index (χ0n) is 13.5. The number of thiophene rings is 1. The Labute approximate surface area is 160 Å². The molecule has 1 aromatic carbocycles. The smallest absolute Gasteiger partial charge is 0.272 e. The highest BCUT2D eigenvalue weighted by molar-refractivity contribution is 7.99. The van der Waals surface area contributed by atoms with E-state index in [1.165, 1.54) is 27.7 Å². The fourth-order valence-electron chi connectivity index (χ4n) is 2.56. The molecule has 0 atom stereocenters. The van der Waals surface area contributed by atoms with Gasteiger partial charge in [-0.15, -0.1) is 21.5 Å². The Kier molecular flexibility index (Phi) is 4.43. The number of anilines is 1. The van der Waals surface area contributed by atoms with Crippen LogP contribution in [0, 0.1) is 0 Å². The monoisotopic (exact) mass is 405 g/mol. The minimum atomic E-state index is -0.180. The molecule has 3 heterocycles. The molecule has 26 heavy (non-hydrogen) atoms. The first-order chi connectivity index (χ1) is 12.5. The molecule has 7 nitrogen and oxygen atoms in total. The summed E-state index contributed by atoms with van der Waals surface area (Å²) in [5, 5.41) is 14.0. The van der Waals surface area contributed by atoms with E-state index < -0.39 is 0 Å². The second kappa shape index (κ2) is 6.75. The van der Waals surface area contributed by atoms with Crippen molar-refractivity contribution in [1.82, 2.24) is 19.2 Å². The van der Waals surface area contributed by atoms with E-state index in [0.717, 1.165) is 5.52 Å². The normalized spacial score (nSPS) is 11.3. The van der Waals surface area contributed by atoms with E-state index in [9.17, 15) is 9.59 Å². The Balaban J connectivity index is 1.60. The lowest BCUT2D eigenvalue weighted by atomic mass is 10.3. The van der Waals surface area contributed by atoms with Gasteiger partial charge < -0.3 is 5.32 Å². The molecule has 0 aliphatic carbocycles. The second-order valence-corrected chi connectivity index (χ2v) is 7.76. The molecule has 0 radical (unpaired) electrons. The van der Waals surface area contributed by atoms with Crippen LogP contribution in [0.25, 0.3) is 16.0 Å². The van der Waals surface area contributed by atoms with E-state index in [0.29, 0.717) is 26.3 Å². The van der Waals surface area contributed by atoms with Gasteiger partial charge >= 0.3 is 0 Å². The number of hydrogen-bond donors (Lipinski definition) is 1. The molecule has 0 aliphatic rings. The number of carbonyl (C=O) groups excluding carboxylic acids is 1. The number of aryl methyl sites for hydroxylation is 1. The van der Waals surface area contributed by atoms with Crippen molar-refractivity contribution in [3.63, 3.8) is 0 Å². The Morgan fingerprint density at radius 1 is 1.35 bits per heavy atom. The Bertz CT molecular complexity index is 1200. The van der Waals surface area contributed by atoms with E-state index in [2.05, 4.69) is 15.5 Å². The first-order valence-corrected chi connectivity index (χ1v) is 9.78. The van der Waals surface area contributed by atoms with Crippen LogP contribution in [0.3, 0.4) is 0 Å². The van der Waals surface area contributed by atoms with Gasteiger partial charge in [0.25, 0.3) is 5.56 Å². The molecule has 1 N–H and O–H groups in total. The van der Waals surface area contributed by atoms with Gasteiger partial charge in [0.2, 0.25) is 11.7 Å². The number of fused-ring (bicyclic) bond motifs is 3. The summed E-state index contributed by atoms with van der Waals surface area (Å²) in [7, 11) is 1.66. The summed E-state index contributed by atoms with van der Waals surface area (Å²) in [6, 6.07) is 8.82. The summed E-state index contributed by atoms with van der Waals surface area (Å²) in [5.41, 5.74) is 1.28. The van der Waals surface area contributed by atoms with E-state index in [4.69, 9.17) is 11.6 Å². The maximum Gasteiger partial charge on any atom is 0.272 e. The fourth-order valence-corrected chi connectivity index (χ4v) is 4.34. The summed E-state index contributed by atoms with van der Waals surface area (Å²) >= 11 is 8.55. The number of benzene rings is 1. The number of amides is 1. The number of nitrogens with zero attached hydrogens (tertiary/aromatic N) is 4. The average Bonchev–Trinajstić information content (AvgIpc) is 3.24.